The van der Waals surface area contributed by atoms with Crippen LogP contribution in [0.2, 0.25) is 0 Å². The molecule has 8 aromatic rings. The van der Waals surface area contributed by atoms with E-state index in [4.69, 9.17) is 104 Å². The molecule has 4 aliphatic heterocycles. The third kappa shape index (κ3) is 19.9. The third-order valence-corrected chi connectivity index (χ3v) is 27.3. The molecule has 0 N–H and O–H groups in total. The zero-order valence-electron chi connectivity index (χ0n) is 80.3. The van der Waals surface area contributed by atoms with Crippen molar-refractivity contribution in [3.63, 3.8) is 0 Å². The van der Waals surface area contributed by atoms with Crippen LogP contribution in [-0.4, -0.2) is 239 Å². The van der Waals surface area contributed by atoms with Crippen molar-refractivity contribution in [2.75, 3.05) is 184 Å². The number of rotatable bonds is 44. The minimum atomic E-state index is -0.456. The van der Waals surface area contributed by atoms with Crippen LogP contribution < -0.4 is 94.7 Å². The van der Waals surface area contributed by atoms with Crippen LogP contribution in [0.3, 0.4) is 0 Å². The Kier molecular flexibility index (Phi) is 33.1. The molecule has 704 valence electrons. The van der Waals surface area contributed by atoms with Gasteiger partial charge in [0, 0.05) is 87.8 Å². The first-order valence-electron chi connectivity index (χ1n) is 44.2. The lowest BCUT2D eigenvalue weighted by molar-refractivity contribution is -0.894. The number of carbonyl (C=O) groups is 2. The Morgan fingerprint density at radius 3 is 0.777 bits per heavy atom. The van der Waals surface area contributed by atoms with E-state index in [0.29, 0.717) is 218 Å². The van der Waals surface area contributed by atoms with Gasteiger partial charge in [-0.2, -0.15) is 0 Å². The number of ether oxygens (including phenoxy) is 22. The van der Waals surface area contributed by atoms with E-state index in [-0.39, 0.29) is 70.2 Å². The molecule has 0 bridgehead atoms. The van der Waals surface area contributed by atoms with Gasteiger partial charge in [0.25, 0.3) is 0 Å². The fourth-order valence-electron chi connectivity index (χ4n) is 20.2. The van der Waals surface area contributed by atoms with Crippen LogP contribution in [0.5, 0.6) is 115 Å². The fraction of sp³-hybridized carbons (Fsp3) is 0.490. The Labute approximate surface area is 766 Å². The van der Waals surface area contributed by atoms with Crippen LogP contribution in [0.25, 0.3) is 0 Å². The van der Waals surface area contributed by atoms with Gasteiger partial charge < -0.3 is 104 Å². The van der Waals surface area contributed by atoms with Crippen molar-refractivity contribution in [1.29, 1.82) is 0 Å². The quantitative estimate of drug-likeness (QED) is 0.0196. The smallest absolute Gasteiger partial charge is 0.314 e. The van der Waals surface area contributed by atoms with E-state index in [1.807, 2.05) is 60.7 Å². The first-order valence-corrected chi connectivity index (χ1v) is 44.2. The number of benzene rings is 8. The van der Waals surface area contributed by atoms with Gasteiger partial charge in [-0.3, -0.25) is 18.8 Å². The largest absolute Gasteiger partial charge is 0.493 e. The molecule has 0 aromatic heterocycles. The highest BCUT2D eigenvalue weighted by molar-refractivity contribution is 5.72. The molecule has 4 aliphatic rings. The van der Waals surface area contributed by atoms with E-state index in [2.05, 4.69) is 86.5 Å². The summed E-state index contributed by atoms with van der Waals surface area (Å²) in [4.78, 5) is 37.3. The van der Waals surface area contributed by atoms with E-state index in [1.54, 1.807) is 142 Å². The summed E-state index contributed by atoms with van der Waals surface area (Å²) in [6.45, 7) is 0.767. The van der Waals surface area contributed by atoms with Crippen molar-refractivity contribution < 1.29 is 123 Å². The lowest BCUT2D eigenvalue weighted by atomic mass is 9.80. The predicted molar refractivity (Wildman–Crippen MR) is 494 cm³/mol. The molecule has 2 amide bonds. The predicted octanol–water partition coefficient (Wildman–Crippen LogP) is 16.2. The molecule has 8 unspecified atom stereocenters. The molecule has 12 rings (SSSR count). The first-order chi connectivity index (χ1) is 62.9. The van der Waals surface area contributed by atoms with Gasteiger partial charge >= 0.3 is 11.8 Å². The molecular weight excluding hydrogens is 1670 g/mol. The number of amides is 2. The molecule has 4 heterocycles. The van der Waals surface area contributed by atoms with Crippen LogP contribution >= 0.6 is 0 Å². The summed E-state index contributed by atoms with van der Waals surface area (Å²) in [5.41, 5.74) is 12.0. The van der Waals surface area contributed by atoms with Gasteiger partial charge in [0.15, 0.2) is 92.0 Å². The molecule has 130 heavy (non-hydrogen) atoms. The van der Waals surface area contributed by atoms with Gasteiger partial charge in [0.2, 0.25) is 23.0 Å². The molecule has 10 atom stereocenters. The summed E-state index contributed by atoms with van der Waals surface area (Å²) in [5.74, 6) is 11.0. The molecule has 0 aliphatic carbocycles. The molecule has 0 saturated heterocycles. The molecule has 0 spiro atoms. The highest BCUT2D eigenvalue weighted by atomic mass is 16.6. The highest BCUT2D eigenvalue weighted by Crippen LogP contribution is 2.54. The second-order valence-corrected chi connectivity index (χ2v) is 33.7. The second kappa shape index (κ2) is 44.0. The zero-order valence-corrected chi connectivity index (χ0v) is 80.3. The van der Waals surface area contributed by atoms with Gasteiger partial charge in [-0.15, -0.1) is 0 Å². The molecule has 8 aromatic carbocycles. The topological polar surface area (TPSA) is 244 Å². The number of likely N-dealkylation sites (N-methyl/N-ethyl adjacent to an activating group) is 4. The number of hydrogen-bond donors (Lipinski definition) is 0. The minimum Gasteiger partial charge on any atom is -0.493 e. The summed E-state index contributed by atoms with van der Waals surface area (Å²) in [7, 11) is 40.8. The number of fused-ring (bicyclic) bond motifs is 4. The summed E-state index contributed by atoms with van der Waals surface area (Å²) in [6, 6.07) is 30.5. The molecule has 0 saturated carbocycles. The van der Waals surface area contributed by atoms with Crippen LogP contribution in [0.4, 0.5) is 0 Å². The van der Waals surface area contributed by atoms with E-state index >= 15 is 9.59 Å². The number of nitrogens with zero attached hydrogens (tertiary/aromatic N) is 4. The van der Waals surface area contributed by atoms with Crippen LogP contribution in [-0.2, 0) is 70.4 Å². The van der Waals surface area contributed by atoms with Gasteiger partial charge in [-0.05, 0) is 205 Å². The van der Waals surface area contributed by atoms with E-state index in [1.165, 1.54) is 0 Å². The Bertz CT molecular complexity index is 4870. The van der Waals surface area contributed by atoms with E-state index in [9.17, 15) is 0 Å². The average molecular weight is 1800 g/mol. The lowest BCUT2D eigenvalue weighted by Gasteiger charge is -2.49. The van der Waals surface area contributed by atoms with Crippen molar-refractivity contribution in [3.8, 4) is 115 Å². The van der Waals surface area contributed by atoms with Crippen molar-refractivity contribution in [1.82, 2.24) is 9.80 Å². The van der Waals surface area contributed by atoms with Crippen LogP contribution in [0, 0.1) is 0 Å². The fourth-order valence-corrected chi connectivity index (χ4v) is 20.2. The zero-order chi connectivity index (χ0) is 93.4. The average Bonchev–Trinajstić information content (AvgIpc) is 0.732. The SMILES string of the molecule is COc1cc2c(cc1OC)C(Cc1cc(OC)c(OC)c(OC)c1)N(C)C(OCCCC1Cc3cc(OC)c(OC)cc3C(Cc3cc(OC)c(OC)c(OC)c3)[N@+]1(C)C(=O)CCC=CCCC(=O)[N@+]1(C)C(CCCOC3Cc4cc(OC)c(OC)cc4C(Cc4cc(OC)c(OC)c(OC)c4)N3C)Cc3cc(OC)c(OC)cc3C1Cc1cc(OC)c(OC)c(OC)c1)C2. The monoisotopic (exact) mass is 1800 g/mol. The van der Waals surface area contributed by atoms with Gasteiger partial charge in [-0.25, -0.2) is 9.59 Å². The Morgan fingerprint density at radius 2 is 0.531 bits per heavy atom. The maximum absolute atomic E-state index is 16.4. The minimum absolute atomic E-state index is 0.0434. The summed E-state index contributed by atoms with van der Waals surface area (Å²) >= 11 is 0. The first kappa shape index (κ1) is 97.7. The Hall–Kier alpha value is -11.4. The summed E-state index contributed by atoms with van der Waals surface area (Å²) in [5, 5.41) is 0. The molecular formula is C102H134N4O24+2. The van der Waals surface area contributed by atoms with Crippen LogP contribution in [0.15, 0.2) is 109 Å². The van der Waals surface area contributed by atoms with Crippen molar-refractivity contribution in [2.24, 2.45) is 0 Å². The van der Waals surface area contributed by atoms with Crippen molar-refractivity contribution >= 4 is 11.8 Å². The van der Waals surface area contributed by atoms with Gasteiger partial charge in [0.05, 0.1) is 169 Å². The number of quaternary nitrogens is 2. The number of carbonyl (C=O) groups excluding carboxylic acids is 2. The third-order valence-electron chi connectivity index (χ3n) is 27.3. The van der Waals surface area contributed by atoms with Gasteiger partial charge in [-0.1, -0.05) is 12.2 Å². The molecule has 28 heteroatoms. The molecule has 28 nitrogen and oxygen atoms in total. The highest BCUT2D eigenvalue weighted by Gasteiger charge is 2.54. The van der Waals surface area contributed by atoms with E-state index < -0.39 is 12.1 Å². The standard InChI is InChI=1S/C102H134N4O24/c1-103-75(37-61-41-87(117-13)99(125-21)88(42-61)118-14)71-57-83(113-9)81(111-7)53-67(71)55-95(103)129-35-29-31-69-49-65-51-79(109-5)85(115-11)59-73(65)77(39-63-45-91(121-17)101(127-23)92(46-63)122-18)105(69,3)97(107)33-27-25-26-28-34-98(108)106(4)70(50-66-52-80(110-6)86(116-12)60-74(66)78(106)40-64-47-93(123-19)102(128-24)94(48-64)124-20)32-30-36-130-96-56-68-54-82(112-8)84(114-10)58-72(68)76(104(96)2)38-62-43-89(119-15)100(126-22)90(44-62)120-16/h25-26,41-48,51-54,57-60,69-70,75-78,95-96H,27-40,49-50,55-56H2,1-24H3/q+2/t69?,70?,75?,76?,77?,78?,95?,96?,105-,106-/m1/s1. The maximum atomic E-state index is 16.4. The molecule has 0 fully saturated rings. The number of hydrogen-bond acceptors (Lipinski definition) is 26. The van der Waals surface area contributed by atoms with Crippen LogP contribution in [0.1, 0.15) is 142 Å². The lowest BCUT2D eigenvalue weighted by Crippen LogP contribution is -2.61. The Balaban J connectivity index is 0.842. The normalized spacial score (nSPS) is 20.4. The Morgan fingerprint density at radius 1 is 0.300 bits per heavy atom. The number of methoxy groups -OCH3 is 20. The maximum Gasteiger partial charge on any atom is 0.314 e. The van der Waals surface area contributed by atoms with Crippen molar-refractivity contribution in [2.45, 2.75) is 151 Å². The summed E-state index contributed by atoms with van der Waals surface area (Å²) in [6.07, 6.45) is 11.2. The van der Waals surface area contributed by atoms with E-state index in [0.717, 1.165) is 66.8 Å². The second-order valence-electron chi connectivity index (χ2n) is 33.7. The van der Waals surface area contributed by atoms with Crippen molar-refractivity contribution in [3.05, 3.63) is 176 Å². The van der Waals surface area contributed by atoms with Gasteiger partial charge in [0.1, 0.15) is 36.6 Å². The summed E-state index contributed by atoms with van der Waals surface area (Å²) < 4.78 is 133. The number of allylic oxidation sites excluding steroid dienone is 2. The molecule has 0 radical (unpaired) electrons.